The summed E-state index contributed by atoms with van der Waals surface area (Å²) in [7, 11) is 0. The summed E-state index contributed by atoms with van der Waals surface area (Å²) in [6, 6.07) is 12.4. The van der Waals surface area contributed by atoms with Crippen molar-refractivity contribution in [3.63, 3.8) is 0 Å². The molecule has 4 rings (SSSR count). The Morgan fingerprint density at radius 1 is 1.07 bits per heavy atom. The lowest BCUT2D eigenvalue weighted by Crippen LogP contribution is -2.27. The van der Waals surface area contributed by atoms with E-state index in [1.807, 2.05) is 23.7 Å². The number of hydrogen-bond donors (Lipinski definition) is 2. The van der Waals surface area contributed by atoms with E-state index in [9.17, 15) is 5.11 Å². The van der Waals surface area contributed by atoms with Crippen LogP contribution in [0.1, 0.15) is 42.4 Å². The Labute approximate surface area is 166 Å². The molecule has 3 aromatic rings. The van der Waals surface area contributed by atoms with Crippen LogP contribution < -0.4 is 10.2 Å². The number of rotatable bonds is 4. The average molecular weight is 377 g/mol. The number of phenols is 1. The maximum Gasteiger partial charge on any atom is 0.150 e. The maximum absolute atomic E-state index is 10.9. The fraction of sp³-hybridized carbons (Fsp3) is 0.348. The summed E-state index contributed by atoms with van der Waals surface area (Å²) in [6.45, 7) is 12.3. The molecule has 0 unspecified atom stereocenters. The maximum atomic E-state index is 10.9. The van der Waals surface area contributed by atoms with Gasteiger partial charge in [0.1, 0.15) is 5.75 Å². The molecule has 0 aliphatic carbocycles. The number of hydrogen-bond acceptors (Lipinski definition) is 4. The van der Waals surface area contributed by atoms with Gasteiger partial charge in [-0.3, -0.25) is 0 Å². The van der Waals surface area contributed by atoms with E-state index >= 15 is 0 Å². The summed E-state index contributed by atoms with van der Waals surface area (Å²) < 4.78 is 1.99. The van der Waals surface area contributed by atoms with Crippen LogP contribution in [0.15, 0.2) is 36.4 Å². The van der Waals surface area contributed by atoms with Gasteiger partial charge in [-0.05, 0) is 64.4 Å². The van der Waals surface area contributed by atoms with Crippen molar-refractivity contribution in [3.8, 4) is 17.0 Å². The average Bonchev–Trinajstić information content (AvgIpc) is 3.05. The summed E-state index contributed by atoms with van der Waals surface area (Å²) in [5, 5.41) is 19.2. The Morgan fingerprint density at radius 3 is 2.50 bits per heavy atom. The van der Waals surface area contributed by atoms with Crippen molar-refractivity contribution in [2.24, 2.45) is 0 Å². The first-order valence-electron chi connectivity index (χ1n) is 9.95. The van der Waals surface area contributed by atoms with E-state index < -0.39 is 0 Å². The minimum absolute atomic E-state index is 0.247. The van der Waals surface area contributed by atoms with Gasteiger partial charge in [-0.15, -0.1) is 0 Å². The molecule has 1 aliphatic heterocycles. The molecule has 1 aliphatic rings. The van der Waals surface area contributed by atoms with Gasteiger partial charge in [0.15, 0.2) is 6.17 Å². The van der Waals surface area contributed by atoms with Crippen molar-refractivity contribution in [2.45, 2.75) is 40.8 Å². The molecule has 1 aromatic heterocycles. The fourth-order valence-electron chi connectivity index (χ4n) is 4.23. The number of anilines is 2. The van der Waals surface area contributed by atoms with E-state index in [1.54, 1.807) is 0 Å². The highest BCUT2D eigenvalue weighted by Gasteiger charge is 2.29. The summed E-state index contributed by atoms with van der Waals surface area (Å²) in [6.07, 6.45) is -0.247. The van der Waals surface area contributed by atoms with Gasteiger partial charge >= 0.3 is 0 Å². The van der Waals surface area contributed by atoms with Crippen molar-refractivity contribution >= 4 is 11.4 Å². The molecular formula is C23H28N4O. The number of aryl methyl sites for hydroxylation is 3. The number of fused-ring (bicyclic) bond motifs is 3. The highest BCUT2D eigenvalue weighted by molar-refractivity contribution is 5.82. The normalized spacial score (nSPS) is 15.0. The molecule has 0 amide bonds. The Balaban J connectivity index is 1.83. The second-order valence-corrected chi connectivity index (χ2v) is 7.58. The fourth-order valence-corrected chi connectivity index (χ4v) is 4.23. The van der Waals surface area contributed by atoms with Crippen molar-refractivity contribution in [3.05, 3.63) is 58.8 Å². The zero-order valence-electron chi connectivity index (χ0n) is 17.2. The summed E-state index contributed by atoms with van der Waals surface area (Å²) in [4.78, 5) is 2.23. The van der Waals surface area contributed by atoms with Gasteiger partial charge in [-0.1, -0.05) is 11.6 Å². The van der Waals surface area contributed by atoms with Crippen LogP contribution in [-0.2, 0) is 0 Å². The Morgan fingerprint density at radius 2 is 1.82 bits per heavy atom. The van der Waals surface area contributed by atoms with Gasteiger partial charge in [0.25, 0.3) is 0 Å². The van der Waals surface area contributed by atoms with E-state index in [-0.39, 0.29) is 11.9 Å². The molecule has 146 valence electrons. The quantitative estimate of drug-likeness (QED) is 0.673. The second kappa shape index (κ2) is 6.89. The van der Waals surface area contributed by atoms with E-state index in [4.69, 9.17) is 5.10 Å². The number of aromatic hydroxyl groups is 1. The van der Waals surface area contributed by atoms with Gasteiger partial charge in [-0.2, -0.15) is 5.10 Å². The predicted octanol–water partition coefficient (Wildman–Crippen LogP) is 5.00. The molecule has 0 spiro atoms. The van der Waals surface area contributed by atoms with Gasteiger partial charge in [0.05, 0.1) is 11.4 Å². The van der Waals surface area contributed by atoms with Crippen molar-refractivity contribution in [1.82, 2.24) is 9.78 Å². The van der Waals surface area contributed by atoms with Crippen LogP contribution in [0, 0.1) is 20.8 Å². The molecule has 2 aromatic carbocycles. The standard InChI is InChI=1S/C23H28N4O/c1-6-26(7-2)17-8-9-18(21(28)13-17)23-24-22-15(4)10-14(3)11-19(22)20-12-16(5)25-27(20)23/h8-13,23-24,28H,6-7H2,1-5H3/t23-/m0/s1. The smallest absolute Gasteiger partial charge is 0.150 e. The van der Waals surface area contributed by atoms with Crippen LogP contribution in [0.4, 0.5) is 11.4 Å². The number of benzene rings is 2. The van der Waals surface area contributed by atoms with Crippen LogP contribution in [0.2, 0.25) is 0 Å². The monoisotopic (exact) mass is 376 g/mol. The van der Waals surface area contributed by atoms with Gasteiger partial charge in [0, 0.05) is 41.7 Å². The number of phenolic OH excluding ortho intramolecular Hbond substituents is 1. The van der Waals surface area contributed by atoms with Gasteiger partial charge in [-0.25, -0.2) is 4.68 Å². The topological polar surface area (TPSA) is 53.3 Å². The Kier molecular flexibility index (Phi) is 4.53. The Bertz CT molecular complexity index is 1030. The second-order valence-electron chi connectivity index (χ2n) is 7.58. The van der Waals surface area contributed by atoms with Crippen LogP contribution in [0.25, 0.3) is 11.3 Å². The molecule has 2 heterocycles. The van der Waals surface area contributed by atoms with E-state index in [2.05, 4.69) is 62.2 Å². The van der Waals surface area contributed by atoms with Crippen LogP contribution in [0.3, 0.4) is 0 Å². The van der Waals surface area contributed by atoms with E-state index in [0.29, 0.717) is 0 Å². The van der Waals surface area contributed by atoms with Crippen molar-refractivity contribution in [2.75, 3.05) is 23.3 Å². The molecule has 5 heteroatoms. The largest absolute Gasteiger partial charge is 0.507 e. The molecule has 0 saturated heterocycles. The van der Waals surface area contributed by atoms with E-state index in [1.165, 1.54) is 11.1 Å². The lowest BCUT2D eigenvalue weighted by atomic mass is 9.97. The van der Waals surface area contributed by atoms with Crippen molar-refractivity contribution < 1.29 is 5.11 Å². The van der Waals surface area contributed by atoms with Gasteiger partial charge in [0.2, 0.25) is 0 Å². The first-order chi connectivity index (χ1) is 13.4. The van der Waals surface area contributed by atoms with Crippen molar-refractivity contribution in [1.29, 1.82) is 0 Å². The number of nitrogens with zero attached hydrogens (tertiary/aromatic N) is 3. The third-order valence-corrected chi connectivity index (χ3v) is 5.58. The molecular weight excluding hydrogens is 348 g/mol. The molecule has 0 bridgehead atoms. The first-order valence-corrected chi connectivity index (χ1v) is 9.95. The van der Waals surface area contributed by atoms with Crippen LogP contribution >= 0.6 is 0 Å². The molecule has 0 saturated carbocycles. The summed E-state index contributed by atoms with van der Waals surface area (Å²) in [5.74, 6) is 0.286. The molecule has 0 radical (unpaired) electrons. The lowest BCUT2D eigenvalue weighted by molar-refractivity contribution is 0.452. The lowest BCUT2D eigenvalue weighted by Gasteiger charge is -2.31. The van der Waals surface area contributed by atoms with Crippen LogP contribution in [-0.4, -0.2) is 28.0 Å². The zero-order chi connectivity index (χ0) is 20.0. The number of aromatic nitrogens is 2. The summed E-state index contributed by atoms with van der Waals surface area (Å²) >= 11 is 0. The van der Waals surface area contributed by atoms with Gasteiger partial charge < -0.3 is 15.3 Å². The molecule has 5 nitrogen and oxygen atoms in total. The highest BCUT2D eigenvalue weighted by atomic mass is 16.3. The number of nitrogens with one attached hydrogen (secondary N) is 1. The predicted molar refractivity (Wildman–Crippen MR) is 115 cm³/mol. The summed E-state index contributed by atoms with van der Waals surface area (Å²) in [5.41, 5.74) is 8.60. The first kappa shape index (κ1) is 18.4. The molecule has 2 N–H and O–H groups in total. The SMILES string of the molecule is CCN(CC)c1ccc([C@H]2Nc3c(C)cc(C)cc3-c3cc(C)nn32)c(O)c1. The third kappa shape index (κ3) is 2.91. The Hall–Kier alpha value is -2.95. The van der Waals surface area contributed by atoms with Crippen LogP contribution in [0.5, 0.6) is 5.75 Å². The third-order valence-electron chi connectivity index (χ3n) is 5.58. The zero-order valence-corrected chi connectivity index (χ0v) is 17.2. The minimum atomic E-state index is -0.247. The highest BCUT2D eigenvalue weighted by Crippen LogP contribution is 2.43. The van der Waals surface area contributed by atoms with E-state index in [0.717, 1.165) is 47.0 Å². The molecule has 28 heavy (non-hydrogen) atoms. The molecule has 1 atom stereocenters. The minimum Gasteiger partial charge on any atom is -0.507 e. The molecule has 0 fully saturated rings.